The van der Waals surface area contributed by atoms with Crippen molar-refractivity contribution in [2.75, 3.05) is 19.7 Å². The number of ether oxygens (including phenoxy) is 1. The lowest BCUT2D eigenvalue weighted by atomic mass is 10.2. The van der Waals surface area contributed by atoms with Crippen molar-refractivity contribution in [2.24, 2.45) is 0 Å². The first kappa shape index (κ1) is 16.1. The molecule has 19 heavy (non-hydrogen) atoms. The topological polar surface area (TPSA) is 61.7 Å². The number of aliphatic hydroxyl groups excluding tert-OH is 2. The molecule has 0 saturated heterocycles. The largest absolute Gasteiger partial charge is 0.393 e. The zero-order valence-electron chi connectivity index (χ0n) is 11.6. The maximum atomic E-state index is 9.70. The molecule has 1 aromatic carbocycles. The third-order valence-electron chi connectivity index (χ3n) is 2.93. The second-order valence-electron chi connectivity index (χ2n) is 4.71. The lowest BCUT2D eigenvalue weighted by Crippen LogP contribution is -2.32. The fraction of sp³-hybridized carbons (Fsp3) is 0.600. The van der Waals surface area contributed by atoms with Crippen molar-refractivity contribution in [1.29, 1.82) is 0 Å². The standard InChI is InChI=1S/C15H25NO3/c1-2-14(17)8-9-16-10-15(18)12-19-11-13-6-4-3-5-7-13/h3-7,14-18H,2,8-12H2,1H3. The summed E-state index contributed by atoms with van der Waals surface area (Å²) in [5, 5.41) is 22.2. The van der Waals surface area contributed by atoms with E-state index in [9.17, 15) is 10.2 Å². The Morgan fingerprint density at radius 1 is 1.16 bits per heavy atom. The van der Waals surface area contributed by atoms with Gasteiger partial charge in [0.1, 0.15) is 0 Å². The molecule has 0 aliphatic carbocycles. The zero-order valence-corrected chi connectivity index (χ0v) is 11.6. The molecule has 0 radical (unpaired) electrons. The second-order valence-corrected chi connectivity index (χ2v) is 4.71. The third kappa shape index (κ3) is 7.95. The summed E-state index contributed by atoms with van der Waals surface area (Å²) in [5.74, 6) is 0. The molecule has 1 rings (SSSR count). The van der Waals surface area contributed by atoms with Crippen LogP contribution in [-0.4, -0.2) is 42.1 Å². The number of nitrogens with one attached hydrogen (secondary N) is 1. The summed E-state index contributed by atoms with van der Waals surface area (Å²) in [7, 11) is 0. The van der Waals surface area contributed by atoms with Crippen LogP contribution in [0.25, 0.3) is 0 Å². The Hall–Kier alpha value is -0.940. The molecule has 0 fully saturated rings. The van der Waals surface area contributed by atoms with Gasteiger partial charge in [-0.3, -0.25) is 0 Å². The number of aliphatic hydroxyl groups is 2. The predicted octanol–water partition coefficient (Wildman–Crippen LogP) is 1.31. The minimum Gasteiger partial charge on any atom is -0.393 e. The van der Waals surface area contributed by atoms with Crippen molar-refractivity contribution >= 4 is 0 Å². The first-order valence-electron chi connectivity index (χ1n) is 6.91. The molecule has 0 aliphatic heterocycles. The first-order valence-corrected chi connectivity index (χ1v) is 6.91. The molecule has 0 aromatic heterocycles. The van der Waals surface area contributed by atoms with Crippen molar-refractivity contribution in [3.8, 4) is 0 Å². The molecule has 4 heteroatoms. The van der Waals surface area contributed by atoms with Gasteiger partial charge in [0.15, 0.2) is 0 Å². The fourth-order valence-electron chi connectivity index (χ4n) is 1.69. The van der Waals surface area contributed by atoms with Crippen LogP contribution in [0.4, 0.5) is 0 Å². The Morgan fingerprint density at radius 2 is 1.89 bits per heavy atom. The van der Waals surface area contributed by atoms with Crippen molar-refractivity contribution in [1.82, 2.24) is 5.32 Å². The maximum absolute atomic E-state index is 9.70. The summed E-state index contributed by atoms with van der Waals surface area (Å²) in [6.07, 6.45) is 0.722. The van der Waals surface area contributed by atoms with E-state index in [1.54, 1.807) is 0 Å². The molecule has 0 bridgehead atoms. The highest BCUT2D eigenvalue weighted by atomic mass is 16.5. The summed E-state index contributed by atoms with van der Waals surface area (Å²) >= 11 is 0. The van der Waals surface area contributed by atoms with Gasteiger partial charge in [-0.2, -0.15) is 0 Å². The summed E-state index contributed by atoms with van der Waals surface area (Å²) in [4.78, 5) is 0. The average molecular weight is 267 g/mol. The van der Waals surface area contributed by atoms with Gasteiger partial charge < -0.3 is 20.3 Å². The van der Waals surface area contributed by atoms with E-state index in [-0.39, 0.29) is 6.10 Å². The Morgan fingerprint density at radius 3 is 2.58 bits per heavy atom. The summed E-state index contributed by atoms with van der Waals surface area (Å²) in [6.45, 7) is 4.00. The number of hydrogen-bond donors (Lipinski definition) is 3. The van der Waals surface area contributed by atoms with Crippen molar-refractivity contribution in [2.45, 2.75) is 38.6 Å². The molecule has 4 nitrogen and oxygen atoms in total. The fourth-order valence-corrected chi connectivity index (χ4v) is 1.69. The summed E-state index contributed by atoms with van der Waals surface area (Å²) < 4.78 is 5.44. The summed E-state index contributed by atoms with van der Waals surface area (Å²) in [6, 6.07) is 9.89. The maximum Gasteiger partial charge on any atom is 0.0897 e. The zero-order chi connectivity index (χ0) is 13.9. The van der Waals surface area contributed by atoms with Crippen molar-refractivity contribution in [3.63, 3.8) is 0 Å². The molecular formula is C15H25NO3. The van der Waals surface area contributed by atoms with E-state index in [0.717, 1.165) is 12.0 Å². The van der Waals surface area contributed by atoms with Crippen LogP contribution in [0, 0.1) is 0 Å². The van der Waals surface area contributed by atoms with Crippen molar-refractivity contribution in [3.05, 3.63) is 35.9 Å². The van der Waals surface area contributed by atoms with E-state index in [4.69, 9.17) is 4.74 Å². The number of hydrogen-bond acceptors (Lipinski definition) is 4. The lowest BCUT2D eigenvalue weighted by Gasteiger charge is -2.13. The van der Waals surface area contributed by atoms with Crippen LogP contribution in [0.2, 0.25) is 0 Å². The number of rotatable bonds is 10. The van der Waals surface area contributed by atoms with Gasteiger partial charge in [0.2, 0.25) is 0 Å². The Bertz CT molecular complexity index is 318. The molecule has 0 amide bonds. The molecule has 0 spiro atoms. The Labute approximate surface area is 115 Å². The normalized spacial score (nSPS) is 14.3. The molecule has 2 unspecified atom stereocenters. The van der Waals surface area contributed by atoms with Crippen LogP contribution in [0.1, 0.15) is 25.3 Å². The van der Waals surface area contributed by atoms with Gasteiger partial charge >= 0.3 is 0 Å². The van der Waals surface area contributed by atoms with Crippen LogP contribution in [0.3, 0.4) is 0 Å². The smallest absolute Gasteiger partial charge is 0.0897 e. The van der Waals surface area contributed by atoms with E-state index in [0.29, 0.717) is 32.7 Å². The Balaban J connectivity index is 2.00. The Kier molecular flexibility index (Phi) is 8.41. The van der Waals surface area contributed by atoms with Gasteiger partial charge in [-0.25, -0.2) is 0 Å². The minimum atomic E-state index is -0.512. The van der Waals surface area contributed by atoms with Crippen LogP contribution in [0.15, 0.2) is 30.3 Å². The van der Waals surface area contributed by atoms with Gasteiger partial charge in [0.25, 0.3) is 0 Å². The van der Waals surface area contributed by atoms with Crippen LogP contribution in [0.5, 0.6) is 0 Å². The van der Waals surface area contributed by atoms with Gasteiger partial charge in [0, 0.05) is 6.54 Å². The van der Waals surface area contributed by atoms with E-state index >= 15 is 0 Å². The highest BCUT2D eigenvalue weighted by molar-refractivity contribution is 5.13. The SMILES string of the molecule is CCC(O)CCNCC(O)COCc1ccccc1. The molecule has 1 aromatic rings. The van der Waals surface area contributed by atoms with E-state index < -0.39 is 6.10 Å². The molecule has 2 atom stereocenters. The van der Waals surface area contributed by atoms with Gasteiger partial charge in [0.05, 0.1) is 25.4 Å². The van der Waals surface area contributed by atoms with Gasteiger partial charge in [-0.15, -0.1) is 0 Å². The third-order valence-corrected chi connectivity index (χ3v) is 2.93. The monoisotopic (exact) mass is 267 g/mol. The molecule has 3 N–H and O–H groups in total. The average Bonchev–Trinajstić information content (AvgIpc) is 2.44. The van der Waals surface area contributed by atoms with Crippen molar-refractivity contribution < 1.29 is 14.9 Å². The van der Waals surface area contributed by atoms with Gasteiger partial charge in [-0.1, -0.05) is 37.3 Å². The molecule has 0 saturated carbocycles. The molecule has 0 aliphatic rings. The predicted molar refractivity (Wildman–Crippen MR) is 75.9 cm³/mol. The number of benzene rings is 1. The molecule has 0 heterocycles. The van der Waals surface area contributed by atoms with Crippen LogP contribution < -0.4 is 5.32 Å². The minimum absolute atomic E-state index is 0.251. The van der Waals surface area contributed by atoms with E-state index in [1.165, 1.54) is 0 Å². The van der Waals surface area contributed by atoms with Crippen LogP contribution >= 0.6 is 0 Å². The molecule has 108 valence electrons. The highest BCUT2D eigenvalue weighted by Gasteiger charge is 2.05. The van der Waals surface area contributed by atoms with Crippen LogP contribution in [-0.2, 0) is 11.3 Å². The highest BCUT2D eigenvalue weighted by Crippen LogP contribution is 2.01. The lowest BCUT2D eigenvalue weighted by molar-refractivity contribution is 0.0285. The quantitative estimate of drug-likeness (QED) is 0.559. The molecular weight excluding hydrogens is 242 g/mol. The van der Waals surface area contributed by atoms with E-state index in [2.05, 4.69) is 5.32 Å². The second kappa shape index (κ2) is 9.92. The van der Waals surface area contributed by atoms with E-state index in [1.807, 2.05) is 37.3 Å². The van der Waals surface area contributed by atoms with Gasteiger partial charge in [-0.05, 0) is 24.9 Å². The summed E-state index contributed by atoms with van der Waals surface area (Å²) in [5.41, 5.74) is 1.11. The first-order chi connectivity index (χ1) is 9.22.